The fraction of sp³-hybridized carbons (Fsp3) is 0.869. The van der Waals surface area contributed by atoms with Gasteiger partial charge in [-0.1, -0.05) is 256 Å². The van der Waals surface area contributed by atoms with E-state index in [-0.39, 0.29) is 18.5 Å². The summed E-state index contributed by atoms with van der Waals surface area (Å²) in [6, 6.07) is -0.548. The van der Waals surface area contributed by atoms with Crippen LogP contribution in [0.15, 0.2) is 36.5 Å². The zero-order chi connectivity index (χ0) is 48.6. The van der Waals surface area contributed by atoms with Gasteiger partial charge < -0.3 is 20.3 Å². The number of esters is 1. The lowest BCUT2D eigenvalue weighted by Gasteiger charge is -2.22. The summed E-state index contributed by atoms with van der Waals surface area (Å²) in [6.45, 7) is 4.93. The topological polar surface area (TPSA) is 95.9 Å². The van der Waals surface area contributed by atoms with Crippen LogP contribution in [0.2, 0.25) is 0 Å². The monoisotopic (exact) mass is 942 g/mol. The molecule has 0 aliphatic carbocycles. The quantitative estimate of drug-likeness (QED) is 0.0321. The van der Waals surface area contributed by atoms with Gasteiger partial charge in [0.15, 0.2) is 0 Å². The molecule has 0 aliphatic heterocycles. The summed E-state index contributed by atoms with van der Waals surface area (Å²) in [4.78, 5) is 24.5. The van der Waals surface area contributed by atoms with Gasteiger partial charge >= 0.3 is 5.97 Å². The van der Waals surface area contributed by atoms with E-state index in [9.17, 15) is 19.8 Å². The lowest BCUT2D eigenvalue weighted by atomic mass is 10.0. The Morgan fingerprint density at radius 1 is 0.418 bits per heavy atom. The van der Waals surface area contributed by atoms with Gasteiger partial charge in [-0.25, -0.2) is 0 Å². The molecule has 0 heterocycles. The van der Waals surface area contributed by atoms with Crippen LogP contribution < -0.4 is 5.32 Å². The Morgan fingerprint density at radius 3 is 1.15 bits per heavy atom. The third-order valence-corrected chi connectivity index (χ3v) is 13.7. The van der Waals surface area contributed by atoms with E-state index in [0.717, 1.165) is 57.8 Å². The minimum absolute atomic E-state index is 0.00104. The Kier molecular flexibility index (Phi) is 55.0. The number of ether oxygens (including phenoxy) is 1. The highest BCUT2D eigenvalue weighted by molar-refractivity contribution is 5.76. The molecule has 0 bridgehead atoms. The lowest BCUT2D eigenvalue weighted by Crippen LogP contribution is -2.45. The largest absolute Gasteiger partial charge is 0.466 e. The van der Waals surface area contributed by atoms with Crippen LogP contribution in [0.4, 0.5) is 0 Å². The van der Waals surface area contributed by atoms with Crippen molar-refractivity contribution in [2.45, 2.75) is 328 Å². The molecule has 0 saturated heterocycles. The molecule has 67 heavy (non-hydrogen) atoms. The van der Waals surface area contributed by atoms with Crippen LogP contribution >= 0.6 is 0 Å². The standard InChI is InChI=1S/C61H115NO5/c1-3-5-7-9-11-13-15-17-27-31-35-39-43-47-51-55-61(66)67-56-52-48-44-40-36-32-29-26-24-22-20-18-19-21-23-25-28-30-34-38-42-46-50-54-60(65)62-58(57-63)59(64)53-49-45-41-37-33-16-14-12-10-8-6-4-2/h17-18,20-21,23,27,58-59,63-64H,3-16,19,22,24-26,28-57H2,1-2H3,(H,62,65)/b20-18-,23-21-,27-17-. The molecule has 0 aromatic carbocycles. The second-order valence-corrected chi connectivity index (χ2v) is 20.3. The summed E-state index contributed by atoms with van der Waals surface area (Å²) in [6.07, 6.45) is 70.0. The maximum atomic E-state index is 12.4. The van der Waals surface area contributed by atoms with Gasteiger partial charge in [-0.15, -0.1) is 0 Å². The summed E-state index contributed by atoms with van der Waals surface area (Å²) in [5, 5.41) is 23.2. The fourth-order valence-electron chi connectivity index (χ4n) is 9.08. The van der Waals surface area contributed by atoms with Crippen LogP contribution in [-0.4, -0.2) is 47.4 Å². The van der Waals surface area contributed by atoms with Crippen molar-refractivity contribution in [2.75, 3.05) is 13.2 Å². The molecule has 1 amide bonds. The zero-order valence-corrected chi connectivity index (χ0v) is 44.9. The molecule has 394 valence electrons. The van der Waals surface area contributed by atoms with Gasteiger partial charge in [0.05, 0.1) is 25.4 Å². The van der Waals surface area contributed by atoms with Crippen LogP contribution in [0.3, 0.4) is 0 Å². The molecule has 2 unspecified atom stereocenters. The number of carbonyl (C=O) groups is 2. The van der Waals surface area contributed by atoms with Crippen LogP contribution in [0.5, 0.6) is 0 Å². The first-order valence-corrected chi connectivity index (χ1v) is 29.7. The zero-order valence-electron chi connectivity index (χ0n) is 44.9. The lowest BCUT2D eigenvalue weighted by molar-refractivity contribution is -0.143. The molecule has 0 fully saturated rings. The van der Waals surface area contributed by atoms with Gasteiger partial charge in [-0.3, -0.25) is 9.59 Å². The van der Waals surface area contributed by atoms with E-state index in [1.807, 2.05) is 0 Å². The van der Waals surface area contributed by atoms with Gasteiger partial charge in [-0.2, -0.15) is 0 Å². The van der Waals surface area contributed by atoms with E-state index in [4.69, 9.17) is 4.74 Å². The number of hydrogen-bond acceptors (Lipinski definition) is 5. The molecular weight excluding hydrogens is 827 g/mol. The molecule has 2 atom stereocenters. The number of rotatable bonds is 55. The normalized spacial score (nSPS) is 12.8. The van der Waals surface area contributed by atoms with E-state index in [2.05, 4.69) is 55.6 Å². The molecule has 0 saturated carbocycles. The molecular formula is C61H115NO5. The third kappa shape index (κ3) is 53.3. The molecule has 0 aliphatic rings. The number of amides is 1. The summed E-state index contributed by atoms with van der Waals surface area (Å²) in [5.74, 6) is -0.0469. The molecule has 0 radical (unpaired) electrons. The SMILES string of the molecule is CCCCCCCC/C=C\CCCCCCCC(=O)OCCCCCCCCCCC/C=C\C/C=C\CCCCCCCCCC(=O)NC(CO)C(O)CCCCCCCCCCCCCC. The highest BCUT2D eigenvalue weighted by Crippen LogP contribution is 2.16. The summed E-state index contributed by atoms with van der Waals surface area (Å²) < 4.78 is 5.47. The Hall–Kier alpha value is -1.92. The van der Waals surface area contributed by atoms with Crippen molar-refractivity contribution in [3.05, 3.63) is 36.5 Å². The third-order valence-electron chi connectivity index (χ3n) is 13.7. The summed E-state index contributed by atoms with van der Waals surface area (Å²) in [7, 11) is 0. The Bertz CT molecular complexity index is 1090. The maximum Gasteiger partial charge on any atom is 0.305 e. The number of allylic oxidation sites excluding steroid dienone is 6. The predicted octanol–water partition coefficient (Wildman–Crippen LogP) is 18.4. The van der Waals surface area contributed by atoms with Crippen molar-refractivity contribution in [1.82, 2.24) is 5.32 Å². The van der Waals surface area contributed by atoms with Crippen molar-refractivity contribution in [2.24, 2.45) is 0 Å². The van der Waals surface area contributed by atoms with Crippen molar-refractivity contribution in [1.29, 1.82) is 0 Å². The smallest absolute Gasteiger partial charge is 0.305 e. The highest BCUT2D eigenvalue weighted by Gasteiger charge is 2.20. The minimum Gasteiger partial charge on any atom is -0.466 e. The van der Waals surface area contributed by atoms with Crippen LogP contribution in [0.25, 0.3) is 0 Å². The Morgan fingerprint density at radius 2 is 0.746 bits per heavy atom. The number of unbranched alkanes of at least 4 members (excludes halogenated alkanes) is 38. The molecule has 0 spiro atoms. The fourth-order valence-corrected chi connectivity index (χ4v) is 9.08. The van der Waals surface area contributed by atoms with E-state index in [1.54, 1.807) is 0 Å². The average molecular weight is 943 g/mol. The number of hydrogen-bond donors (Lipinski definition) is 3. The van der Waals surface area contributed by atoms with E-state index < -0.39 is 12.1 Å². The van der Waals surface area contributed by atoms with Gasteiger partial charge in [0, 0.05) is 12.8 Å². The van der Waals surface area contributed by atoms with E-state index in [0.29, 0.717) is 25.9 Å². The molecule has 0 rings (SSSR count). The summed E-state index contributed by atoms with van der Waals surface area (Å²) >= 11 is 0. The summed E-state index contributed by atoms with van der Waals surface area (Å²) in [5.41, 5.74) is 0. The van der Waals surface area contributed by atoms with Gasteiger partial charge in [0.1, 0.15) is 0 Å². The first-order valence-electron chi connectivity index (χ1n) is 29.7. The number of carbonyl (C=O) groups excluding carboxylic acids is 2. The van der Waals surface area contributed by atoms with Crippen molar-refractivity contribution >= 4 is 11.9 Å². The van der Waals surface area contributed by atoms with E-state index in [1.165, 1.54) is 225 Å². The maximum absolute atomic E-state index is 12.4. The van der Waals surface area contributed by atoms with Crippen molar-refractivity contribution in [3.8, 4) is 0 Å². The number of nitrogens with one attached hydrogen (secondary N) is 1. The van der Waals surface area contributed by atoms with Crippen molar-refractivity contribution in [3.63, 3.8) is 0 Å². The Labute approximate surface area is 417 Å². The average Bonchev–Trinajstić information content (AvgIpc) is 3.33. The highest BCUT2D eigenvalue weighted by atomic mass is 16.5. The predicted molar refractivity (Wildman–Crippen MR) is 292 cm³/mol. The molecule has 3 N–H and O–H groups in total. The van der Waals surface area contributed by atoms with Gasteiger partial charge in [0.2, 0.25) is 5.91 Å². The number of aliphatic hydroxyl groups is 2. The van der Waals surface area contributed by atoms with Gasteiger partial charge in [0.25, 0.3) is 0 Å². The molecule has 0 aromatic rings. The van der Waals surface area contributed by atoms with Crippen molar-refractivity contribution < 1.29 is 24.5 Å². The van der Waals surface area contributed by atoms with Crippen LogP contribution in [0.1, 0.15) is 316 Å². The minimum atomic E-state index is -0.670. The van der Waals surface area contributed by atoms with Gasteiger partial charge in [-0.05, 0) is 83.5 Å². The second kappa shape index (κ2) is 56.7. The Balaban J connectivity index is 3.44. The van der Waals surface area contributed by atoms with Crippen LogP contribution in [0, 0.1) is 0 Å². The number of aliphatic hydroxyl groups excluding tert-OH is 2. The molecule has 0 aromatic heterocycles. The molecule has 6 nitrogen and oxygen atoms in total. The van der Waals surface area contributed by atoms with E-state index >= 15 is 0 Å². The first kappa shape index (κ1) is 65.1. The second-order valence-electron chi connectivity index (χ2n) is 20.3. The van der Waals surface area contributed by atoms with Crippen LogP contribution in [-0.2, 0) is 14.3 Å². The first-order chi connectivity index (χ1) is 33.0. The molecule has 6 heteroatoms.